The first-order valence-corrected chi connectivity index (χ1v) is 9.45. The van der Waals surface area contributed by atoms with Crippen LogP contribution < -0.4 is 10.6 Å². The largest absolute Gasteiger partial charge is 0.478 e. The number of aromatic carboxylic acids is 1. The van der Waals surface area contributed by atoms with E-state index in [0.29, 0.717) is 16.8 Å². The molecule has 2 aromatic carbocycles. The number of amides is 2. The molecule has 1 aliphatic carbocycles. The van der Waals surface area contributed by atoms with Crippen molar-refractivity contribution in [1.29, 1.82) is 0 Å². The molecule has 0 atom stereocenters. The number of rotatable bonds is 6. The predicted octanol–water partition coefficient (Wildman–Crippen LogP) is 3.75. The van der Waals surface area contributed by atoms with E-state index in [4.69, 9.17) is 5.11 Å². The van der Waals surface area contributed by atoms with Gasteiger partial charge in [0.25, 0.3) is 5.91 Å². The number of hydrogen-bond donors (Lipinski definition) is 3. The van der Waals surface area contributed by atoms with Crippen LogP contribution in [0.2, 0.25) is 0 Å². The summed E-state index contributed by atoms with van der Waals surface area (Å²) in [6, 6.07) is 11.9. The Labute approximate surface area is 164 Å². The van der Waals surface area contributed by atoms with E-state index in [2.05, 4.69) is 10.6 Å². The molecule has 0 radical (unpaired) electrons. The molecular formula is C22H24N2O4. The molecule has 6 heteroatoms. The summed E-state index contributed by atoms with van der Waals surface area (Å²) >= 11 is 0. The fourth-order valence-corrected chi connectivity index (χ4v) is 3.51. The van der Waals surface area contributed by atoms with Crippen molar-refractivity contribution in [2.45, 2.75) is 39.2 Å². The molecule has 146 valence electrons. The lowest BCUT2D eigenvalue weighted by Crippen LogP contribution is -2.23. The van der Waals surface area contributed by atoms with Crippen molar-refractivity contribution < 1.29 is 19.5 Å². The topological polar surface area (TPSA) is 95.5 Å². The van der Waals surface area contributed by atoms with Gasteiger partial charge in [0.2, 0.25) is 5.91 Å². The standard InChI is InChI=1S/C22H24N2O4/c1-14-9-17(12-18(10-14)22(27)28)20(25)23-13-15-5-4-8-19(11-15)24-21(26)16-6-2-3-7-16/h4-5,8-12,16H,2-3,6-7,13H2,1H3,(H,23,25)(H,24,26)(H,27,28). The minimum absolute atomic E-state index is 0.0552. The molecule has 1 saturated carbocycles. The second kappa shape index (κ2) is 8.69. The van der Waals surface area contributed by atoms with Crippen LogP contribution in [0, 0.1) is 12.8 Å². The third kappa shape index (κ3) is 4.97. The van der Waals surface area contributed by atoms with Crippen molar-refractivity contribution in [2.24, 2.45) is 5.92 Å². The number of carboxylic acids is 1. The van der Waals surface area contributed by atoms with Crippen molar-refractivity contribution in [2.75, 3.05) is 5.32 Å². The van der Waals surface area contributed by atoms with E-state index in [1.54, 1.807) is 13.0 Å². The van der Waals surface area contributed by atoms with Crippen LogP contribution in [0.4, 0.5) is 5.69 Å². The molecule has 0 unspecified atom stereocenters. The maximum Gasteiger partial charge on any atom is 0.335 e. The lowest BCUT2D eigenvalue weighted by atomic mass is 10.1. The number of carbonyl (C=O) groups excluding carboxylic acids is 2. The molecule has 2 amide bonds. The van der Waals surface area contributed by atoms with Gasteiger partial charge in [-0.2, -0.15) is 0 Å². The summed E-state index contributed by atoms with van der Waals surface area (Å²) in [7, 11) is 0. The number of hydrogen-bond acceptors (Lipinski definition) is 3. The van der Waals surface area contributed by atoms with Crippen LogP contribution in [-0.4, -0.2) is 22.9 Å². The van der Waals surface area contributed by atoms with Crippen molar-refractivity contribution in [3.8, 4) is 0 Å². The summed E-state index contributed by atoms with van der Waals surface area (Å²) in [6.45, 7) is 2.03. The third-order valence-corrected chi connectivity index (χ3v) is 4.96. The van der Waals surface area contributed by atoms with E-state index in [1.165, 1.54) is 12.1 Å². The number of anilines is 1. The molecular weight excluding hydrogens is 356 g/mol. The van der Waals surface area contributed by atoms with E-state index < -0.39 is 5.97 Å². The van der Waals surface area contributed by atoms with Gasteiger partial charge in [0.1, 0.15) is 0 Å². The number of aryl methyl sites for hydroxylation is 1. The Kier molecular flexibility index (Phi) is 6.09. The maximum atomic E-state index is 12.4. The normalized spacial score (nSPS) is 13.9. The Morgan fingerprint density at radius 2 is 1.75 bits per heavy atom. The molecule has 3 rings (SSSR count). The maximum absolute atomic E-state index is 12.4. The fourth-order valence-electron chi connectivity index (χ4n) is 3.51. The van der Waals surface area contributed by atoms with E-state index >= 15 is 0 Å². The zero-order valence-electron chi connectivity index (χ0n) is 15.8. The summed E-state index contributed by atoms with van der Waals surface area (Å²) in [5.74, 6) is -1.26. The van der Waals surface area contributed by atoms with Crippen LogP contribution >= 0.6 is 0 Å². The van der Waals surface area contributed by atoms with Crippen LogP contribution in [0.15, 0.2) is 42.5 Å². The van der Waals surface area contributed by atoms with Gasteiger partial charge in [0.05, 0.1) is 5.56 Å². The first kappa shape index (κ1) is 19.6. The Morgan fingerprint density at radius 1 is 1.04 bits per heavy atom. The Balaban J connectivity index is 1.62. The molecule has 0 aliphatic heterocycles. The van der Waals surface area contributed by atoms with E-state index in [-0.39, 0.29) is 29.8 Å². The highest BCUT2D eigenvalue weighted by Gasteiger charge is 2.22. The molecule has 0 saturated heterocycles. The number of nitrogens with one attached hydrogen (secondary N) is 2. The lowest BCUT2D eigenvalue weighted by molar-refractivity contribution is -0.119. The molecule has 0 spiro atoms. The molecule has 0 aromatic heterocycles. The average molecular weight is 380 g/mol. The first-order valence-electron chi connectivity index (χ1n) is 9.45. The van der Waals surface area contributed by atoms with E-state index in [9.17, 15) is 14.4 Å². The SMILES string of the molecule is Cc1cc(C(=O)O)cc(C(=O)NCc2cccc(NC(=O)C3CCCC3)c2)c1. The molecule has 0 heterocycles. The quantitative estimate of drug-likeness (QED) is 0.711. The van der Waals surface area contributed by atoms with Crippen molar-refractivity contribution >= 4 is 23.5 Å². The number of carbonyl (C=O) groups is 3. The van der Waals surface area contributed by atoms with Crippen molar-refractivity contribution in [3.63, 3.8) is 0 Å². The van der Waals surface area contributed by atoms with Gasteiger partial charge in [-0.25, -0.2) is 4.79 Å². The summed E-state index contributed by atoms with van der Waals surface area (Å²) in [4.78, 5) is 35.8. The smallest absolute Gasteiger partial charge is 0.335 e. The van der Waals surface area contributed by atoms with Gasteiger partial charge in [-0.05, 0) is 61.2 Å². The Hall–Kier alpha value is -3.15. The number of benzene rings is 2. The third-order valence-electron chi connectivity index (χ3n) is 4.96. The Bertz CT molecular complexity index is 901. The number of carboxylic acid groups (broad SMARTS) is 1. The van der Waals surface area contributed by atoms with Gasteiger partial charge in [0, 0.05) is 23.7 Å². The van der Waals surface area contributed by atoms with Crippen LogP contribution in [0.5, 0.6) is 0 Å². The highest BCUT2D eigenvalue weighted by Crippen LogP contribution is 2.26. The lowest BCUT2D eigenvalue weighted by Gasteiger charge is -2.12. The highest BCUT2D eigenvalue weighted by molar-refractivity contribution is 5.98. The minimum atomic E-state index is -1.07. The molecule has 1 aliphatic rings. The van der Waals surface area contributed by atoms with Gasteiger partial charge in [0.15, 0.2) is 0 Å². The van der Waals surface area contributed by atoms with Gasteiger partial charge in [-0.15, -0.1) is 0 Å². The van der Waals surface area contributed by atoms with Crippen LogP contribution in [0.1, 0.15) is 57.5 Å². The van der Waals surface area contributed by atoms with Gasteiger partial charge < -0.3 is 15.7 Å². The molecule has 28 heavy (non-hydrogen) atoms. The zero-order valence-corrected chi connectivity index (χ0v) is 15.8. The summed E-state index contributed by atoms with van der Waals surface area (Å²) in [6.07, 6.45) is 4.09. The summed E-state index contributed by atoms with van der Waals surface area (Å²) in [5, 5.41) is 14.9. The van der Waals surface area contributed by atoms with Crippen LogP contribution in [-0.2, 0) is 11.3 Å². The molecule has 2 aromatic rings. The molecule has 1 fully saturated rings. The van der Waals surface area contributed by atoms with Gasteiger partial charge >= 0.3 is 5.97 Å². The van der Waals surface area contributed by atoms with E-state index in [0.717, 1.165) is 31.2 Å². The van der Waals surface area contributed by atoms with Crippen LogP contribution in [0.3, 0.4) is 0 Å². The van der Waals surface area contributed by atoms with Gasteiger partial charge in [-0.1, -0.05) is 25.0 Å². The molecule has 3 N–H and O–H groups in total. The predicted molar refractivity (Wildman–Crippen MR) is 106 cm³/mol. The molecule has 6 nitrogen and oxygen atoms in total. The second-order valence-corrected chi connectivity index (χ2v) is 7.25. The average Bonchev–Trinajstić information content (AvgIpc) is 3.21. The summed E-state index contributed by atoms with van der Waals surface area (Å²) in [5.41, 5.74) is 2.67. The first-order chi connectivity index (χ1) is 13.4. The second-order valence-electron chi connectivity index (χ2n) is 7.25. The summed E-state index contributed by atoms with van der Waals surface area (Å²) < 4.78 is 0. The highest BCUT2D eigenvalue weighted by atomic mass is 16.4. The van der Waals surface area contributed by atoms with E-state index in [1.807, 2.05) is 24.3 Å². The monoisotopic (exact) mass is 380 g/mol. The van der Waals surface area contributed by atoms with Crippen LogP contribution in [0.25, 0.3) is 0 Å². The van der Waals surface area contributed by atoms with Crippen molar-refractivity contribution in [1.82, 2.24) is 5.32 Å². The Morgan fingerprint density at radius 3 is 2.46 bits per heavy atom. The minimum Gasteiger partial charge on any atom is -0.478 e. The van der Waals surface area contributed by atoms with Crippen molar-refractivity contribution in [3.05, 3.63) is 64.7 Å². The van der Waals surface area contributed by atoms with Gasteiger partial charge in [-0.3, -0.25) is 9.59 Å². The fraction of sp³-hybridized carbons (Fsp3) is 0.318. The molecule has 0 bridgehead atoms. The zero-order chi connectivity index (χ0) is 20.1.